The van der Waals surface area contributed by atoms with Gasteiger partial charge in [0.15, 0.2) is 0 Å². The molecule has 0 radical (unpaired) electrons. The minimum atomic E-state index is -0.542. The van der Waals surface area contributed by atoms with Crippen LogP contribution in [0.2, 0.25) is 0 Å². The van der Waals surface area contributed by atoms with E-state index >= 15 is 0 Å². The molecule has 0 saturated heterocycles. The van der Waals surface area contributed by atoms with Crippen molar-refractivity contribution in [1.82, 2.24) is 4.98 Å². The van der Waals surface area contributed by atoms with Crippen molar-refractivity contribution in [3.05, 3.63) is 60.2 Å². The Balaban J connectivity index is 2.16. The van der Waals surface area contributed by atoms with Gasteiger partial charge in [-0.1, -0.05) is 30.3 Å². The monoisotopic (exact) mass is 232 g/mol. The Morgan fingerprint density at radius 1 is 1.24 bits per heavy atom. The van der Waals surface area contributed by atoms with Gasteiger partial charge in [-0.3, -0.25) is 0 Å². The van der Waals surface area contributed by atoms with Gasteiger partial charge in [-0.2, -0.15) is 4.39 Å². The fourth-order valence-corrected chi connectivity index (χ4v) is 1.61. The zero-order valence-corrected chi connectivity index (χ0v) is 9.18. The van der Waals surface area contributed by atoms with Crippen LogP contribution in [0.4, 0.5) is 10.1 Å². The van der Waals surface area contributed by atoms with Gasteiger partial charge in [0.25, 0.3) is 0 Å². The topological polar surface area (TPSA) is 45.1 Å². The average molecular weight is 232 g/mol. The molecule has 0 aliphatic rings. The van der Waals surface area contributed by atoms with Crippen LogP contribution in [0.5, 0.6) is 0 Å². The van der Waals surface area contributed by atoms with Gasteiger partial charge in [-0.25, -0.2) is 4.98 Å². The number of aromatic nitrogens is 1. The Kier molecular flexibility index (Phi) is 3.67. The second-order valence-corrected chi connectivity index (χ2v) is 3.66. The predicted molar refractivity (Wildman–Crippen MR) is 64.1 cm³/mol. The van der Waals surface area contributed by atoms with E-state index in [0.29, 0.717) is 5.69 Å². The molecule has 0 amide bonds. The quantitative estimate of drug-likeness (QED) is 0.795. The largest absolute Gasteiger partial charge is 0.394 e. The molecule has 2 aromatic rings. The normalized spacial score (nSPS) is 12.1. The van der Waals surface area contributed by atoms with Crippen LogP contribution in [0.15, 0.2) is 48.7 Å². The van der Waals surface area contributed by atoms with Crippen molar-refractivity contribution in [2.75, 3.05) is 11.9 Å². The number of halogens is 1. The summed E-state index contributed by atoms with van der Waals surface area (Å²) in [6.07, 6.45) is 1.39. The maximum atomic E-state index is 12.9. The fourth-order valence-electron chi connectivity index (χ4n) is 1.61. The summed E-state index contributed by atoms with van der Waals surface area (Å²) in [6, 6.07) is 12.2. The zero-order valence-electron chi connectivity index (χ0n) is 9.18. The first kappa shape index (κ1) is 11.5. The van der Waals surface area contributed by atoms with Gasteiger partial charge in [-0.05, 0) is 11.6 Å². The first-order valence-electron chi connectivity index (χ1n) is 5.33. The molecule has 1 aromatic carbocycles. The summed E-state index contributed by atoms with van der Waals surface area (Å²) in [4.78, 5) is 3.48. The number of aliphatic hydroxyl groups is 1. The molecule has 1 unspecified atom stereocenters. The number of hydrogen-bond acceptors (Lipinski definition) is 3. The van der Waals surface area contributed by atoms with Gasteiger partial charge >= 0.3 is 0 Å². The molecule has 4 heteroatoms. The number of pyridine rings is 1. The predicted octanol–water partition coefficient (Wildman–Crippen LogP) is 2.37. The van der Waals surface area contributed by atoms with Crippen LogP contribution in [0.1, 0.15) is 11.6 Å². The summed E-state index contributed by atoms with van der Waals surface area (Å²) in [5, 5.41) is 12.4. The number of anilines is 1. The number of benzene rings is 1. The van der Waals surface area contributed by atoms with Crippen molar-refractivity contribution < 1.29 is 9.50 Å². The van der Waals surface area contributed by atoms with Crippen molar-refractivity contribution in [2.24, 2.45) is 0 Å². The summed E-state index contributed by atoms with van der Waals surface area (Å²) < 4.78 is 12.9. The summed E-state index contributed by atoms with van der Waals surface area (Å²) >= 11 is 0. The molecule has 0 saturated carbocycles. The molecule has 1 atom stereocenters. The molecule has 1 heterocycles. The van der Waals surface area contributed by atoms with Crippen LogP contribution in [0, 0.1) is 5.95 Å². The maximum Gasteiger partial charge on any atom is 0.214 e. The molecule has 0 fully saturated rings. The van der Waals surface area contributed by atoms with Crippen LogP contribution >= 0.6 is 0 Å². The lowest BCUT2D eigenvalue weighted by atomic mass is 10.1. The molecule has 1 aromatic heterocycles. The molecule has 2 N–H and O–H groups in total. The van der Waals surface area contributed by atoms with Gasteiger partial charge in [-0.15, -0.1) is 0 Å². The Morgan fingerprint density at radius 3 is 2.65 bits per heavy atom. The first-order valence-corrected chi connectivity index (χ1v) is 5.33. The summed E-state index contributed by atoms with van der Waals surface area (Å²) in [6.45, 7) is -0.0616. The molecule has 0 spiro atoms. The minimum Gasteiger partial charge on any atom is -0.394 e. The van der Waals surface area contributed by atoms with Crippen molar-refractivity contribution in [3.8, 4) is 0 Å². The fraction of sp³-hybridized carbons (Fsp3) is 0.154. The van der Waals surface area contributed by atoms with Crippen LogP contribution in [-0.4, -0.2) is 16.7 Å². The van der Waals surface area contributed by atoms with Crippen LogP contribution in [0.25, 0.3) is 0 Å². The molecular formula is C13H13FN2O. The SMILES string of the molecule is OCC(Nc1ccnc(F)c1)c1ccccc1. The van der Waals surface area contributed by atoms with Crippen molar-refractivity contribution in [1.29, 1.82) is 0 Å². The lowest BCUT2D eigenvalue weighted by molar-refractivity contribution is 0.276. The van der Waals surface area contributed by atoms with E-state index in [4.69, 9.17) is 0 Å². The molecule has 0 bridgehead atoms. The Bertz CT molecular complexity index is 476. The van der Waals surface area contributed by atoms with E-state index in [0.717, 1.165) is 5.56 Å². The van der Waals surface area contributed by atoms with E-state index in [1.807, 2.05) is 30.3 Å². The summed E-state index contributed by atoms with van der Waals surface area (Å²) in [5.41, 5.74) is 1.55. The van der Waals surface area contributed by atoms with Crippen molar-refractivity contribution in [2.45, 2.75) is 6.04 Å². The second kappa shape index (κ2) is 5.41. The van der Waals surface area contributed by atoms with Crippen LogP contribution in [-0.2, 0) is 0 Å². The molecule has 17 heavy (non-hydrogen) atoms. The van der Waals surface area contributed by atoms with E-state index in [1.165, 1.54) is 12.3 Å². The van der Waals surface area contributed by atoms with Crippen LogP contribution < -0.4 is 5.32 Å². The summed E-state index contributed by atoms with van der Waals surface area (Å²) in [5.74, 6) is -0.542. The number of nitrogens with zero attached hydrogens (tertiary/aromatic N) is 1. The summed E-state index contributed by atoms with van der Waals surface area (Å²) in [7, 11) is 0. The Hall–Kier alpha value is -1.94. The Labute approximate surface area is 98.9 Å². The number of rotatable bonds is 4. The smallest absolute Gasteiger partial charge is 0.214 e. The third-order valence-electron chi connectivity index (χ3n) is 2.45. The lowest BCUT2D eigenvalue weighted by Crippen LogP contribution is -2.14. The average Bonchev–Trinajstić information content (AvgIpc) is 2.37. The van der Waals surface area contributed by atoms with Gasteiger partial charge in [0.1, 0.15) is 0 Å². The third-order valence-corrected chi connectivity index (χ3v) is 2.45. The standard InChI is InChI=1S/C13H13FN2O/c14-13-8-11(6-7-15-13)16-12(9-17)10-4-2-1-3-5-10/h1-8,12,17H,9H2,(H,15,16). The van der Waals surface area contributed by atoms with Gasteiger partial charge in [0.2, 0.25) is 5.95 Å². The van der Waals surface area contributed by atoms with Crippen LogP contribution in [0.3, 0.4) is 0 Å². The first-order chi connectivity index (χ1) is 8.29. The molecule has 2 rings (SSSR count). The van der Waals surface area contributed by atoms with Crippen molar-refractivity contribution >= 4 is 5.69 Å². The molecule has 3 nitrogen and oxygen atoms in total. The molecule has 88 valence electrons. The highest BCUT2D eigenvalue weighted by atomic mass is 19.1. The highest BCUT2D eigenvalue weighted by Gasteiger charge is 2.09. The molecule has 0 aliphatic heterocycles. The third kappa shape index (κ3) is 3.01. The number of nitrogens with one attached hydrogen (secondary N) is 1. The highest BCUT2D eigenvalue weighted by molar-refractivity contribution is 5.44. The number of aliphatic hydroxyl groups excluding tert-OH is 1. The lowest BCUT2D eigenvalue weighted by Gasteiger charge is -2.17. The minimum absolute atomic E-state index is 0.0616. The molecule has 0 aliphatic carbocycles. The highest BCUT2D eigenvalue weighted by Crippen LogP contribution is 2.18. The van der Waals surface area contributed by atoms with E-state index < -0.39 is 5.95 Å². The Morgan fingerprint density at radius 2 is 2.00 bits per heavy atom. The van der Waals surface area contributed by atoms with E-state index in [-0.39, 0.29) is 12.6 Å². The zero-order chi connectivity index (χ0) is 12.1. The van der Waals surface area contributed by atoms with Gasteiger partial charge in [0.05, 0.1) is 12.6 Å². The van der Waals surface area contributed by atoms with Gasteiger partial charge < -0.3 is 10.4 Å². The number of hydrogen-bond donors (Lipinski definition) is 2. The van der Waals surface area contributed by atoms with E-state index in [1.54, 1.807) is 6.07 Å². The van der Waals surface area contributed by atoms with Gasteiger partial charge in [0, 0.05) is 18.0 Å². The second-order valence-electron chi connectivity index (χ2n) is 3.66. The molecular weight excluding hydrogens is 219 g/mol. The van der Waals surface area contributed by atoms with E-state index in [2.05, 4.69) is 10.3 Å². The van der Waals surface area contributed by atoms with E-state index in [9.17, 15) is 9.50 Å². The maximum absolute atomic E-state index is 12.9. The van der Waals surface area contributed by atoms with Crippen molar-refractivity contribution in [3.63, 3.8) is 0 Å².